The lowest BCUT2D eigenvalue weighted by atomic mass is 9.92. The van der Waals surface area contributed by atoms with Gasteiger partial charge in [-0.1, -0.05) is 12.1 Å². The highest BCUT2D eigenvalue weighted by molar-refractivity contribution is 7.93. The van der Waals surface area contributed by atoms with Gasteiger partial charge in [0.15, 0.2) is 0 Å². The van der Waals surface area contributed by atoms with Crippen LogP contribution in [0, 0.1) is 18.3 Å². The van der Waals surface area contributed by atoms with Gasteiger partial charge >= 0.3 is 0 Å². The zero-order valence-corrected chi connectivity index (χ0v) is 17.0. The minimum Gasteiger partial charge on any atom is -0.335 e. The van der Waals surface area contributed by atoms with Crippen LogP contribution in [0.25, 0.3) is 22.3 Å². The topological polar surface area (TPSA) is 87.8 Å². The molecule has 0 atom stereocenters. The summed E-state index contributed by atoms with van der Waals surface area (Å²) >= 11 is 0. The highest BCUT2D eigenvalue weighted by Crippen LogP contribution is 2.42. The SMILES string of the molecule is Cc1ccc2c(C#N)c(-c3ccc(NS(=O)(=O)C4CC4)cn3)n(C3CCC3)c2c1. The van der Waals surface area contributed by atoms with Gasteiger partial charge in [0.25, 0.3) is 0 Å². The maximum absolute atomic E-state index is 12.2. The molecule has 0 radical (unpaired) electrons. The molecule has 0 saturated heterocycles. The van der Waals surface area contributed by atoms with Crippen LogP contribution in [0.4, 0.5) is 5.69 Å². The van der Waals surface area contributed by atoms with Crippen LogP contribution < -0.4 is 4.72 Å². The number of hydrogen-bond acceptors (Lipinski definition) is 4. The third-order valence-electron chi connectivity index (χ3n) is 5.94. The molecule has 0 unspecified atom stereocenters. The largest absolute Gasteiger partial charge is 0.335 e. The molecule has 0 aliphatic heterocycles. The molecule has 148 valence electrons. The summed E-state index contributed by atoms with van der Waals surface area (Å²) in [5.41, 5.74) is 4.84. The second kappa shape index (κ2) is 6.60. The summed E-state index contributed by atoms with van der Waals surface area (Å²) in [5.74, 6) is 0. The Morgan fingerprint density at radius 1 is 1.17 bits per heavy atom. The van der Waals surface area contributed by atoms with Crippen molar-refractivity contribution in [3.8, 4) is 17.5 Å². The molecule has 2 fully saturated rings. The highest BCUT2D eigenvalue weighted by atomic mass is 32.2. The predicted molar refractivity (Wildman–Crippen MR) is 113 cm³/mol. The van der Waals surface area contributed by atoms with E-state index in [4.69, 9.17) is 0 Å². The van der Waals surface area contributed by atoms with Gasteiger partial charge in [0.05, 0.1) is 39.6 Å². The van der Waals surface area contributed by atoms with Crippen molar-refractivity contribution in [2.45, 2.75) is 50.3 Å². The Morgan fingerprint density at radius 2 is 1.97 bits per heavy atom. The first-order valence-electron chi connectivity index (χ1n) is 10.0. The summed E-state index contributed by atoms with van der Waals surface area (Å²) in [6, 6.07) is 12.5. The molecule has 6 nitrogen and oxygen atoms in total. The zero-order valence-electron chi connectivity index (χ0n) is 16.2. The molecule has 1 aromatic carbocycles. The second-order valence-corrected chi connectivity index (χ2v) is 10.1. The lowest BCUT2D eigenvalue weighted by Gasteiger charge is -2.30. The fourth-order valence-corrected chi connectivity index (χ4v) is 5.40. The van der Waals surface area contributed by atoms with Gasteiger partial charge in [-0.25, -0.2) is 8.42 Å². The average molecular weight is 407 g/mol. The summed E-state index contributed by atoms with van der Waals surface area (Å²) in [6.45, 7) is 2.06. The fraction of sp³-hybridized carbons (Fsp3) is 0.364. The Hall–Kier alpha value is -2.85. The van der Waals surface area contributed by atoms with Gasteiger partial charge in [-0.15, -0.1) is 0 Å². The number of pyridine rings is 1. The molecule has 3 aromatic rings. The van der Waals surface area contributed by atoms with E-state index in [1.54, 1.807) is 12.3 Å². The van der Waals surface area contributed by atoms with Gasteiger partial charge in [-0.2, -0.15) is 5.26 Å². The first-order valence-corrected chi connectivity index (χ1v) is 11.6. The first kappa shape index (κ1) is 18.2. The highest BCUT2D eigenvalue weighted by Gasteiger charge is 2.35. The molecule has 2 aromatic heterocycles. The number of sulfonamides is 1. The molecule has 7 heteroatoms. The number of nitrogens with one attached hydrogen (secondary N) is 1. The predicted octanol–water partition coefficient (Wildman–Crippen LogP) is 4.51. The molecule has 0 bridgehead atoms. The van der Waals surface area contributed by atoms with Crippen LogP contribution in [-0.4, -0.2) is 23.2 Å². The van der Waals surface area contributed by atoms with Gasteiger partial charge in [-0.05, 0) is 62.8 Å². The van der Waals surface area contributed by atoms with E-state index in [9.17, 15) is 13.7 Å². The number of nitrogens with zero attached hydrogens (tertiary/aromatic N) is 3. The zero-order chi connectivity index (χ0) is 20.2. The van der Waals surface area contributed by atoms with E-state index < -0.39 is 10.0 Å². The van der Waals surface area contributed by atoms with E-state index in [1.165, 1.54) is 6.42 Å². The normalized spacial score (nSPS) is 17.1. The van der Waals surface area contributed by atoms with Crippen LogP contribution >= 0.6 is 0 Å². The summed E-state index contributed by atoms with van der Waals surface area (Å²) < 4.78 is 29.2. The smallest absolute Gasteiger partial charge is 0.235 e. The van der Waals surface area contributed by atoms with E-state index in [2.05, 4.69) is 33.3 Å². The van der Waals surface area contributed by atoms with E-state index >= 15 is 0 Å². The first-order chi connectivity index (χ1) is 14.0. The summed E-state index contributed by atoms with van der Waals surface area (Å²) in [4.78, 5) is 4.54. The molecule has 2 aliphatic rings. The van der Waals surface area contributed by atoms with Crippen molar-refractivity contribution >= 4 is 26.6 Å². The van der Waals surface area contributed by atoms with Crippen molar-refractivity contribution < 1.29 is 8.42 Å². The Morgan fingerprint density at radius 3 is 2.55 bits per heavy atom. The Balaban J connectivity index is 1.61. The molecule has 29 heavy (non-hydrogen) atoms. The molecule has 2 heterocycles. The third kappa shape index (κ3) is 3.08. The maximum atomic E-state index is 12.2. The van der Waals surface area contributed by atoms with Crippen molar-refractivity contribution in [1.29, 1.82) is 5.26 Å². The monoisotopic (exact) mass is 406 g/mol. The number of aryl methyl sites for hydroxylation is 1. The average Bonchev–Trinajstić information content (AvgIpc) is 3.46. The number of benzene rings is 1. The molecule has 2 saturated carbocycles. The molecule has 0 amide bonds. The van der Waals surface area contributed by atoms with Crippen LogP contribution in [0.3, 0.4) is 0 Å². The number of aromatic nitrogens is 2. The second-order valence-electron chi connectivity index (χ2n) is 8.09. The summed E-state index contributed by atoms with van der Waals surface area (Å²) in [5, 5.41) is 10.6. The van der Waals surface area contributed by atoms with Crippen LogP contribution in [0.5, 0.6) is 0 Å². The van der Waals surface area contributed by atoms with E-state index in [-0.39, 0.29) is 5.25 Å². The van der Waals surface area contributed by atoms with Crippen molar-refractivity contribution in [2.24, 2.45) is 0 Å². The molecular formula is C22H22N4O2S. The number of rotatable bonds is 5. The Kier molecular flexibility index (Phi) is 4.14. The van der Waals surface area contributed by atoms with Crippen molar-refractivity contribution in [3.63, 3.8) is 0 Å². The van der Waals surface area contributed by atoms with Gasteiger partial charge in [0.1, 0.15) is 6.07 Å². The van der Waals surface area contributed by atoms with E-state index in [0.717, 1.165) is 35.0 Å². The number of anilines is 1. The van der Waals surface area contributed by atoms with Crippen LogP contribution in [0.1, 0.15) is 49.3 Å². The number of fused-ring (bicyclic) bond motifs is 1. The Bertz CT molecular complexity index is 1240. The minimum absolute atomic E-state index is 0.281. The van der Waals surface area contributed by atoms with Crippen molar-refractivity contribution in [3.05, 3.63) is 47.7 Å². The van der Waals surface area contributed by atoms with Gasteiger partial charge < -0.3 is 4.57 Å². The van der Waals surface area contributed by atoms with E-state index in [1.807, 2.05) is 18.2 Å². The van der Waals surface area contributed by atoms with Crippen LogP contribution in [0.2, 0.25) is 0 Å². The van der Waals surface area contributed by atoms with Crippen molar-refractivity contribution in [1.82, 2.24) is 9.55 Å². The number of hydrogen-bond donors (Lipinski definition) is 1. The number of nitriles is 1. The van der Waals surface area contributed by atoms with Gasteiger partial charge in [-0.3, -0.25) is 9.71 Å². The molecule has 2 aliphatic carbocycles. The molecule has 5 rings (SSSR count). The fourth-order valence-electron chi connectivity index (χ4n) is 4.03. The van der Waals surface area contributed by atoms with Gasteiger partial charge in [0, 0.05) is 11.4 Å². The quantitative estimate of drug-likeness (QED) is 0.675. The van der Waals surface area contributed by atoms with E-state index in [0.29, 0.717) is 35.8 Å². The lowest BCUT2D eigenvalue weighted by Crippen LogP contribution is -2.18. The third-order valence-corrected chi connectivity index (χ3v) is 7.81. The molecular weight excluding hydrogens is 384 g/mol. The maximum Gasteiger partial charge on any atom is 0.235 e. The van der Waals surface area contributed by atoms with Crippen molar-refractivity contribution in [2.75, 3.05) is 4.72 Å². The summed E-state index contributed by atoms with van der Waals surface area (Å²) in [7, 11) is -3.32. The molecule has 0 spiro atoms. The van der Waals surface area contributed by atoms with Crippen LogP contribution in [0.15, 0.2) is 36.5 Å². The Labute approximate surface area is 170 Å². The lowest BCUT2D eigenvalue weighted by molar-refractivity contribution is 0.324. The molecule has 1 N–H and O–H groups in total. The minimum atomic E-state index is -3.32. The van der Waals surface area contributed by atoms with Crippen LogP contribution in [-0.2, 0) is 10.0 Å². The standard InChI is InChI=1S/C22H22N4O2S/c1-14-5-9-18-19(12-23)22(26(21(18)11-14)16-3-2-4-16)20-10-6-15(13-24-20)25-29(27,28)17-7-8-17/h5-6,9-11,13,16-17,25H,2-4,7-8H2,1H3. The summed E-state index contributed by atoms with van der Waals surface area (Å²) in [6.07, 6.45) is 6.35. The van der Waals surface area contributed by atoms with Gasteiger partial charge in [0.2, 0.25) is 10.0 Å².